The SMILES string of the molecule is CC(C)c1noc(N2CCC(Oc3cnc(N4C[C@H](c5cc(F)ccc5F)[C@@H](N)C4)nc3)CC2)n1. The van der Waals surface area contributed by atoms with E-state index < -0.39 is 11.6 Å². The van der Waals surface area contributed by atoms with Crippen LogP contribution in [-0.4, -0.2) is 58.4 Å². The van der Waals surface area contributed by atoms with Crippen LogP contribution in [-0.2, 0) is 0 Å². The Morgan fingerprint density at radius 2 is 1.83 bits per heavy atom. The van der Waals surface area contributed by atoms with Gasteiger partial charge in [0.2, 0.25) is 5.95 Å². The molecule has 0 saturated carbocycles. The number of hydrogen-bond acceptors (Lipinski definition) is 9. The third-order valence-electron chi connectivity index (χ3n) is 6.58. The first-order chi connectivity index (χ1) is 16.9. The van der Waals surface area contributed by atoms with E-state index in [4.69, 9.17) is 15.0 Å². The molecule has 2 atom stereocenters. The monoisotopic (exact) mass is 485 g/mol. The van der Waals surface area contributed by atoms with Gasteiger partial charge in [-0.3, -0.25) is 0 Å². The van der Waals surface area contributed by atoms with Gasteiger partial charge in [-0.2, -0.15) is 4.98 Å². The maximum atomic E-state index is 14.3. The Kier molecular flexibility index (Phi) is 6.50. The number of anilines is 2. The van der Waals surface area contributed by atoms with Gasteiger partial charge in [-0.1, -0.05) is 19.0 Å². The average Bonchev–Trinajstić information content (AvgIpc) is 3.49. The van der Waals surface area contributed by atoms with Crippen molar-refractivity contribution in [1.29, 1.82) is 0 Å². The number of nitrogens with zero attached hydrogens (tertiary/aromatic N) is 6. The van der Waals surface area contributed by atoms with Crippen molar-refractivity contribution < 1.29 is 18.0 Å². The molecule has 4 heterocycles. The Hall–Kier alpha value is -3.34. The maximum absolute atomic E-state index is 14.3. The second-order valence-electron chi connectivity index (χ2n) is 9.45. The number of nitrogens with two attached hydrogens (primary N) is 1. The molecule has 0 spiro atoms. The molecule has 5 rings (SSSR count). The molecule has 9 nitrogen and oxygen atoms in total. The highest BCUT2D eigenvalue weighted by atomic mass is 19.1. The molecule has 2 fully saturated rings. The Bertz CT molecular complexity index is 1150. The lowest BCUT2D eigenvalue weighted by atomic mass is 9.94. The molecule has 3 aromatic rings. The summed E-state index contributed by atoms with van der Waals surface area (Å²) in [7, 11) is 0. The van der Waals surface area contributed by atoms with E-state index in [-0.39, 0.29) is 29.5 Å². The molecule has 2 aliphatic rings. The fourth-order valence-corrected chi connectivity index (χ4v) is 4.60. The summed E-state index contributed by atoms with van der Waals surface area (Å²) in [4.78, 5) is 17.3. The minimum Gasteiger partial charge on any atom is -0.487 e. The predicted molar refractivity (Wildman–Crippen MR) is 126 cm³/mol. The number of rotatable bonds is 6. The molecule has 0 aliphatic carbocycles. The molecule has 0 unspecified atom stereocenters. The smallest absolute Gasteiger partial charge is 0.324 e. The predicted octanol–water partition coefficient (Wildman–Crippen LogP) is 3.24. The Morgan fingerprint density at radius 3 is 2.51 bits per heavy atom. The van der Waals surface area contributed by atoms with Gasteiger partial charge >= 0.3 is 6.01 Å². The van der Waals surface area contributed by atoms with Crippen LogP contribution in [0.25, 0.3) is 0 Å². The number of halogens is 2. The maximum Gasteiger partial charge on any atom is 0.324 e. The zero-order valence-electron chi connectivity index (χ0n) is 19.8. The van der Waals surface area contributed by atoms with Gasteiger partial charge in [0.1, 0.15) is 17.7 Å². The molecule has 2 N–H and O–H groups in total. The molecule has 0 amide bonds. The van der Waals surface area contributed by atoms with Crippen molar-refractivity contribution in [3.8, 4) is 5.75 Å². The van der Waals surface area contributed by atoms with Crippen molar-refractivity contribution in [1.82, 2.24) is 20.1 Å². The molecule has 35 heavy (non-hydrogen) atoms. The lowest BCUT2D eigenvalue weighted by molar-refractivity contribution is 0.167. The minimum atomic E-state index is -0.479. The van der Waals surface area contributed by atoms with Crippen LogP contribution in [0, 0.1) is 11.6 Å². The minimum absolute atomic E-state index is 0.0359. The Labute approximate surface area is 202 Å². The van der Waals surface area contributed by atoms with E-state index in [9.17, 15) is 8.78 Å². The third-order valence-corrected chi connectivity index (χ3v) is 6.58. The van der Waals surface area contributed by atoms with Gasteiger partial charge in [-0.25, -0.2) is 18.7 Å². The van der Waals surface area contributed by atoms with Crippen molar-refractivity contribution in [2.45, 2.75) is 50.7 Å². The van der Waals surface area contributed by atoms with Crippen molar-refractivity contribution in [2.24, 2.45) is 5.73 Å². The van der Waals surface area contributed by atoms with Crippen molar-refractivity contribution in [2.75, 3.05) is 36.0 Å². The standard InChI is InChI=1S/C24H29F2N7O2/c1-14(2)22-30-24(35-31-22)32-7-5-16(6-8-32)34-17-10-28-23(29-11-17)33-12-19(21(27)13-33)18-9-15(25)3-4-20(18)26/h3-4,9-11,14,16,19,21H,5-8,12-13,27H2,1-2H3/t19-,21+/m1/s1. The highest BCUT2D eigenvalue weighted by Gasteiger charge is 2.34. The largest absolute Gasteiger partial charge is 0.487 e. The third kappa shape index (κ3) is 5.04. The van der Waals surface area contributed by atoms with Gasteiger partial charge < -0.3 is 24.8 Å². The summed E-state index contributed by atoms with van der Waals surface area (Å²) >= 11 is 0. The van der Waals surface area contributed by atoms with Gasteiger partial charge in [0.05, 0.1) is 12.4 Å². The first-order valence-corrected chi connectivity index (χ1v) is 11.9. The number of benzene rings is 1. The zero-order valence-corrected chi connectivity index (χ0v) is 19.8. The molecule has 11 heteroatoms. The van der Waals surface area contributed by atoms with Crippen LogP contribution in [0.5, 0.6) is 5.75 Å². The molecular weight excluding hydrogens is 456 g/mol. The van der Waals surface area contributed by atoms with Crippen molar-refractivity contribution in [3.05, 3.63) is 53.6 Å². The van der Waals surface area contributed by atoms with Gasteiger partial charge in [-0.05, 0) is 23.8 Å². The number of ether oxygens (including phenoxy) is 1. The van der Waals surface area contributed by atoms with Crippen molar-refractivity contribution in [3.63, 3.8) is 0 Å². The fourth-order valence-electron chi connectivity index (χ4n) is 4.60. The van der Waals surface area contributed by atoms with E-state index in [0.29, 0.717) is 36.6 Å². The summed E-state index contributed by atoms with van der Waals surface area (Å²) < 4.78 is 39.4. The Balaban J connectivity index is 1.16. The second kappa shape index (κ2) is 9.73. The zero-order chi connectivity index (χ0) is 24.5. The van der Waals surface area contributed by atoms with Crippen molar-refractivity contribution >= 4 is 12.0 Å². The Morgan fingerprint density at radius 1 is 1.09 bits per heavy atom. The van der Waals surface area contributed by atoms with Crippen LogP contribution in [0.3, 0.4) is 0 Å². The summed E-state index contributed by atoms with van der Waals surface area (Å²) in [5.74, 6) is 0.730. The summed E-state index contributed by atoms with van der Waals surface area (Å²) in [6.07, 6.45) is 4.94. The van der Waals surface area contributed by atoms with Gasteiger partial charge in [0, 0.05) is 56.9 Å². The number of aromatic nitrogens is 4. The summed E-state index contributed by atoms with van der Waals surface area (Å²) in [5, 5.41) is 4.03. The van der Waals surface area contributed by atoms with Crippen LogP contribution in [0.2, 0.25) is 0 Å². The van der Waals surface area contributed by atoms with E-state index in [1.54, 1.807) is 12.4 Å². The van der Waals surface area contributed by atoms with E-state index in [1.807, 2.05) is 18.7 Å². The van der Waals surface area contributed by atoms with E-state index >= 15 is 0 Å². The first kappa shape index (κ1) is 23.4. The first-order valence-electron chi connectivity index (χ1n) is 11.9. The fraction of sp³-hybridized carbons (Fsp3) is 0.500. The molecule has 2 aliphatic heterocycles. The van der Waals surface area contributed by atoms with Gasteiger partial charge in [0.15, 0.2) is 11.6 Å². The van der Waals surface area contributed by atoms with Gasteiger partial charge in [-0.15, -0.1) is 0 Å². The molecule has 186 valence electrons. The van der Waals surface area contributed by atoms with Crippen LogP contribution in [0.4, 0.5) is 20.7 Å². The second-order valence-corrected chi connectivity index (χ2v) is 9.45. The number of hydrogen-bond donors (Lipinski definition) is 1. The summed E-state index contributed by atoms with van der Waals surface area (Å²) in [5.41, 5.74) is 6.53. The molecular formula is C24H29F2N7O2. The summed E-state index contributed by atoms with van der Waals surface area (Å²) in [6.45, 7) is 6.44. The molecule has 2 aromatic heterocycles. The molecule has 2 saturated heterocycles. The highest BCUT2D eigenvalue weighted by Crippen LogP contribution is 2.31. The van der Waals surface area contributed by atoms with Gasteiger partial charge in [0.25, 0.3) is 0 Å². The average molecular weight is 486 g/mol. The van der Waals surface area contributed by atoms with Crippen LogP contribution in [0.15, 0.2) is 35.1 Å². The topological polar surface area (TPSA) is 106 Å². The van der Waals surface area contributed by atoms with E-state index in [2.05, 4.69) is 25.0 Å². The molecule has 0 bridgehead atoms. The lowest BCUT2D eigenvalue weighted by Gasteiger charge is -2.30. The van der Waals surface area contributed by atoms with Crippen LogP contribution >= 0.6 is 0 Å². The highest BCUT2D eigenvalue weighted by molar-refractivity contribution is 5.39. The summed E-state index contributed by atoms with van der Waals surface area (Å²) in [6, 6.07) is 3.66. The van der Waals surface area contributed by atoms with E-state index in [0.717, 1.165) is 38.1 Å². The lowest BCUT2D eigenvalue weighted by Crippen LogP contribution is -2.38. The van der Waals surface area contributed by atoms with Crippen LogP contribution in [0.1, 0.15) is 49.9 Å². The number of piperidine rings is 1. The van der Waals surface area contributed by atoms with E-state index in [1.165, 1.54) is 6.07 Å². The molecule has 1 aromatic carbocycles. The normalized spacial score (nSPS) is 21.2. The molecule has 0 radical (unpaired) electrons. The quantitative estimate of drug-likeness (QED) is 0.563. The van der Waals surface area contributed by atoms with Crippen LogP contribution < -0.4 is 20.3 Å².